The Morgan fingerprint density at radius 3 is 2.21 bits per heavy atom. The van der Waals surface area contributed by atoms with E-state index in [4.69, 9.17) is 4.74 Å². The lowest BCUT2D eigenvalue weighted by Crippen LogP contribution is -2.32. The molecule has 0 fully saturated rings. The molecule has 0 aliphatic carbocycles. The highest BCUT2D eigenvalue weighted by atomic mass is 16.5. The Balaban J connectivity index is 3.43. The molecule has 84 valence electrons. The van der Waals surface area contributed by atoms with Gasteiger partial charge in [-0.1, -0.05) is 27.7 Å². The summed E-state index contributed by atoms with van der Waals surface area (Å²) in [5.41, 5.74) is 0. The largest absolute Gasteiger partial charge is 0.376 e. The Bertz CT molecular complexity index is 167. The van der Waals surface area contributed by atoms with E-state index in [2.05, 4.69) is 26.1 Å². The molecule has 0 saturated heterocycles. The summed E-state index contributed by atoms with van der Waals surface area (Å²) in [6, 6.07) is 0. The minimum atomic E-state index is 0.0533. The number of carbonyl (C=O) groups is 1. The van der Waals surface area contributed by atoms with E-state index in [9.17, 15) is 4.79 Å². The molecule has 0 saturated carbocycles. The zero-order valence-corrected chi connectivity index (χ0v) is 9.96. The molecule has 0 aromatic carbocycles. The van der Waals surface area contributed by atoms with E-state index >= 15 is 0 Å². The van der Waals surface area contributed by atoms with Gasteiger partial charge in [-0.05, 0) is 12.8 Å². The van der Waals surface area contributed by atoms with Crippen LogP contribution < -0.4 is 5.32 Å². The molecule has 0 aliphatic heterocycles. The fourth-order valence-corrected chi connectivity index (χ4v) is 0.816. The van der Waals surface area contributed by atoms with Crippen LogP contribution in [0.3, 0.4) is 0 Å². The third-order valence-electron chi connectivity index (χ3n) is 2.25. The number of rotatable bonds is 6. The van der Waals surface area contributed by atoms with Crippen molar-refractivity contribution < 1.29 is 9.53 Å². The van der Waals surface area contributed by atoms with Gasteiger partial charge in [-0.3, -0.25) is 4.79 Å². The highest BCUT2D eigenvalue weighted by Gasteiger charge is 2.08. The first-order chi connectivity index (χ1) is 6.45. The highest BCUT2D eigenvalue weighted by molar-refractivity contribution is 5.77. The van der Waals surface area contributed by atoms with Gasteiger partial charge in [-0.2, -0.15) is 0 Å². The summed E-state index contributed by atoms with van der Waals surface area (Å²) in [6.45, 7) is 11.3. The lowest BCUT2D eigenvalue weighted by Gasteiger charge is -2.16. The van der Waals surface area contributed by atoms with Crippen LogP contribution in [0.1, 0.15) is 34.6 Å². The highest BCUT2D eigenvalue weighted by Crippen LogP contribution is 2.04. The second-order valence-corrected chi connectivity index (χ2v) is 4.27. The third kappa shape index (κ3) is 5.97. The van der Waals surface area contributed by atoms with Crippen LogP contribution in [-0.4, -0.2) is 25.2 Å². The maximum atomic E-state index is 11.2. The van der Waals surface area contributed by atoms with Crippen molar-refractivity contribution in [2.24, 2.45) is 11.8 Å². The van der Waals surface area contributed by atoms with Gasteiger partial charge in [-0.15, -0.1) is 0 Å². The first kappa shape index (κ1) is 13.4. The van der Waals surface area contributed by atoms with Gasteiger partial charge in [0.1, 0.15) is 0 Å². The van der Waals surface area contributed by atoms with Crippen molar-refractivity contribution in [3.05, 3.63) is 0 Å². The van der Waals surface area contributed by atoms with Gasteiger partial charge >= 0.3 is 0 Å². The first-order valence-corrected chi connectivity index (χ1v) is 5.34. The van der Waals surface area contributed by atoms with E-state index in [0.29, 0.717) is 19.1 Å². The van der Waals surface area contributed by atoms with Crippen LogP contribution in [0.5, 0.6) is 0 Å². The number of hydrogen-bond donors (Lipinski definition) is 1. The van der Waals surface area contributed by atoms with Crippen molar-refractivity contribution in [2.45, 2.75) is 40.7 Å². The minimum Gasteiger partial charge on any atom is -0.376 e. The average Bonchev–Trinajstić information content (AvgIpc) is 2.11. The van der Waals surface area contributed by atoms with E-state index in [-0.39, 0.29) is 17.9 Å². The van der Waals surface area contributed by atoms with E-state index in [0.717, 1.165) is 0 Å². The molecule has 0 aromatic heterocycles. The topological polar surface area (TPSA) is 38.3 Å². The van der Waals surface area contributed by atoms with Gasteiger partial charge in [-0.25, -0.2) is 0 Å². The number of ether oxygens (including phenoxy) is 1. The molecule has 0 heterocycles. The van der Waals surface area contributed by atoms with E-state index in [1.54, 1.807) is 0 Å². The quantitative estimate of drug-likeness (QED) is 0.666. The molecule has 0 spiro atoms. The molecule has 0 rings (SSSR count). The minimum absolute atomic E-state index is 0.0533. The summed E-state index contributed by atoms with van der Waals surface area (Å²) < 4.78 is 5.52. The van der Waals surface area contributed by atoms with E-state index in [1.807, 2.05) is 13.8 Å². The van der Waals surface area contributed by atoms with Crippen molar-refractivity contribution in [2.75, 3.05) is 13.2 Å². The van der Waals surface area contributed by atoms with Crippen LogP contribution in [0.2, 0.25) is 0 Å². The zero-order chi connectivity index (χ0) is 11.1. The molecule has 14 heavy (non-hydrogen) atoms. The summed E-state index contributed by atoms with van der Waals surface area (Å²) >= 11 is 0. The van der Waals surface area contributed by atoms with E-state index in [1.165, 1.54) is 0 Å². The maximum absolute atomic E-state index is 11.2. The number of amides is 1. The third-order valence-corrected chi connectivity index (χ3v) is 2.25. The number of hydrogen-bond acceptors (Lipinski definition) is 2. The molecule has 0 unspecified atom stereocenters. The standard InChI is InChI=1S/C11H23NO2/c1-8(2)10(5)14-7-6-12-11(13)9(3)4/h8-10H,6-7H2,1-5H3,(H,12,13)/t10-/m1/s1. The van der Waals surface area contributed by atoms with E-state index < -0.39 is 0 Å². The lowest BCUT2D eigenvalue weighted by molar-refractivity contribution is -0.124. The molecule has 0 bridgehead atoms. The summed E-state index contributed by atoms with van der Waals surface area (Å²) in [5.74, 6) is 0.666. The Kier molecular flexibility index (Phi) is 6.54. The van der Waals surface area contributed by atoms with Crippen LogP contribution >= 0.6 is 0 Å². The first-order valence-electron chi connectivity index (χ1n) is 5.34. The maximum Gasteiger partial charge on any atom is 0.222 e. The number of nitrogens with one attached hydrogen (secondary N) is 1. The Labute approximate surface area is 87.2 Å². The second kappa shape index (κ2) is 6.82. The van der Waals surface area contributed by atoms with Crippen molar-refractivity contribution in [3.63, 3.8) is 0 Å². The summed E-state index contributed by atoms with van der Waals surface area (Å²) in [6.07, 6.45) is 0.256. The Hall–Kier alpha value is -0.570. The van der Waals surface area contributed by atoms with Crippen LogP contribution in [0.25, 0.3) is 0 Å². The molecule has 0 aromatic rings. The fourth-order valence-electron chi connectivity index (χ4n) is 0.816. The predicted octanol–water partition coefficient (Wildman–Crippen LogP) is 1.82. The predicted molar refractivity (Wildman–Crippen MR) is 58.1 cm³/mol. The fraction of sp³-hybridized carbons (Fsp3) is 0.909. The van der Waals surface area contributed by atoms with Gasteiger partial charge in [0, 0.05) is 12.5 Å². The van der Waals surface area contributed by atoms with Crippen LogP contribution in [0.15, 0.2) is 0 Å². The van der Waals surface area contributed by atoms with Gasteiger partial charge in [0.05, 0.1) is 12.7 Å². The van der Waals surface area contributed by atoms with Crippen LogP contribution in [0, 0.1) is 11.8 Å². The molecular weight excluding hydrogens is 178 g/mol. The summed E-state index contributed by atoms with van der Waals surface area (Å²) in [5, 5.41) is 2.81. The monoisotopic (exact) mass is 201 g/mol. The molecule has 1 N–H and O–H groups in total. The molecule has 3 heteroatoms. The Morgan fingerprint density at radius 1 is 1.21 bits per heavy atom. The zero-order valence-electron chi connectivity index (χ0n) is 9.96. The van der Waals surface area contributed by atoms with Crippen LogP contribution in [-0.2, 0) is 9.53 Å². The van der Waals surface area contributed by atoms with Crippen molar-refractivity contribution in [1.82, 2.24) is 5.32 Å². The second-order valence-electron chi connectivity index (χ2n) is 4.27. The van der Waals surface area contributed by atoms with Crippen molar-refractivity contribution >= 4 is 5.91 Å². The number of carbonyl (C=O) groups excluding carboxylic acids is 1. The smallest absolute Gasteiger partial charge is 0.222 e. The summed E-state index contributed by atoms with van der Waals surface area (Å²) in [4.78, 5) is 11.2. The molecule has 0 aliphatic rings. The summed E-state index contributed by atoms with van der Waals surface area (Å²) in [7, 11) is 0. The Morgan fingerprint density at radius 2 is 1.79 bits per heavy atom. The van der Waals surface area contributed by atoms with Crippen molar-refractivity contribution in [3.8, 4) is 0 Å². The molecule has 1 atom stereocenters. The van der Waals surface area contributed by atoms with Gasteiger partial charge in [0.25, 0.3) is 0 Å². The lowest BCUT2D eigenvalue weighted by atomic mass is 10.1. The normalized spacial score (nSPS) is 13.4. The molecular formula is C11H23NO2. The molecule has 1 amide bonds. The van der Waals surface area contributed by atoms with Gasteiger partial charge < -0.3 is 10.1 Å². The van der Waals surface area contributed by atoms with Crippen molar-refractivity contribution in [1.29, 1.82) is 0 Å². The molecule has 3 nitrogen and oxygen atoms in total. The van der Waals surface area contributed by atoms with Gasteiger partial charge in [0.15, 0.2) is 0 Å². The average molecular weight is 201 g/mol. The SMILES string of the molecule is CC(C)C(=O)NCCO[C@H](C)C(C)C. The molecule has 0 radical (unpaired) electrons. The van der Waals surface area contributed by atoms with Gasteiger partial charge in [0.2, 0.25) is 5.91 Å². The van der Waals surface area contributed by atoms with Crippen LogP contribution in [0.4, 0.5) is 0 Å².